The molecular formula is C14H14N2O. The molecule has 1 aliphatic rings. The van der Waals surface area contributed by atoms with Gasteiger partial charge in [0.1, 0.15) is 0 Å². The van der Waals surface area contributed by atoms with E-state index in [4.69, 9.17) is 5.26 Å². The lowest BCUT2D eigenvalue weighted by molar-refractivity contribution is -0.117. The number of carbonyl (C=O) groups excluding carboxylic acids is 1. The standard InChI is InChI=1S/C14H14N2O/c1-2-11-9-14(17)16(10-11)13-5-3-4-12(8-13)6-7-15/h2-5,8,11H,1,6,9-10H2. The third-order valence-electron chi connectivity index (χ3n) is 2.99. The van der Waals surface area contributed by atoms with Gasteiger partial charge in [-0.1, -0.05) is 18.2 Å². The van der Waals surface area contributed by atoms with E-state index >= 15 is 0 Å². The zero-order valence-corrected chi connectivity index (χ0v) is 9.60. The van der Waals surface area contributed by atoms with E-state index in [1.54, 1.807) is 4.90 Å². The molecule has 1 aromatic rings. The molecule has 2 rings (SSSR count). The lowest BCUT2D eigenvalue weighted by Crippen LogP contribution is -2.24. The molecule has 0 radical (unpaired) electrons. The van der Waals surface area contributed by atoms with Gasteiger partial charge in [-0.2, -0.15) is 5.26 Å². The Hall–Kier alpha value is -2.08. The largest absolute Gasteiger partial charge is 0.312 e. The fourth-order valence-corrected chi connectivity index (χ4v) is 2.07. The number of hydrogen-bond donors (Lipinski definition) is 0. The normalized spacial score (nSPS) is 19.1. The molecule has 1 aliphatic heterocycles. The van der Waals surface area contributed by atoms with E-state index in [2.05, 4.69) is 12.6 Å². The van der Waals surface area contributed by atoms with Gasteiger partial charge in [0.2, 0.25) is 5.91 Å². The number of nitrogens with zero attached hydrogens (tertiary/aromatic N) is 2. The van der Waals surface area contributed by atoms with Gasteiger partial charge >= 0.3 is 0 Å². The molecule has 3 nitrogen and oxygen atoms in total. The second-order valence-electron chi connectivity index (χ2n) is 4.21. The molecular weight excluding hydrogens is 212 g/mol. The molecule has 1 amide bonds. The van der Waals surface area contributed by atoms with E-state index in [1.807, 2.05) is 30.3 Å². The van der Waals surface area contributed by atoms with Crippen molar-refractivity contribution in [3.8, 4) is 6.07 Å². The average Bonchev–Trinajstić information content (AvgIpc) is 2.71. The van der Waals surface area contributed by atoms with Crippen molar-refractivity contribution in [1.29, 1.82) is 5.26 Å². The highest BCUT2D eigenvalue weighted by atomic mass is 16.2. The summed E-state index contributed by atoms with van der Waals surface area (Å²) in [7, 11) is 0. The highest BCUT2D eigenvalue weighted by Gasteiger charge is 2.28. The molecule has 0 N–H and O–H groups in total. The van der Waals surface area contributed by atoms with Crippen molar-refractivity contribution < 1.29 is 4.79 Å². The summed E-state index contributed by atoms with van der Waals surface area (Å²) in [6.45, 7) is 4.42. The van der Waals surface area contributed by atoms with Crippen LogP contribution in [0.1, 0.15) is 12.0 Å². The molecule has 0 aliphatic carbocycles. The number of amides is 1. The van der Waals surface area contributed by atoms with Crippen LogP contribution in [0.2, 0.25) is 0 Å². The van der Waals surface area contributed by atoms with Crippen LogP contribution >= 0.6 is 0 Å². The Morgan fingerprint density at radius 1 is 1.59 bits per heavy atom. The first-order valence-corrected chi connectivity index (χ1v) is 5.63. The quantitative estimate of drug-likeness (QED) is 0.742. The first kappa shape index (κ1) is 11.4. The minimum atomic E-state index is 0.129. The second kappa shape index (κ2) is 4.84. The van der Waals surface area contributed by atoms with Crippen molar-refractivity contribution in [1.82, 2.24) is 0 Å². The second-order valence-corrected chi connectivity index (χ2v) is 4.21. The van der Waals surface area contributed by atoms with Gasteiger partial charge in [0.15, 0.2) is 0 Å². The van der Waals surface area contributed by atoms with Gasteiger partial charge in [-0.15, -0.1) is 6.58 Å². The van der Waals surface area contributed by atoms with Crippen LogP contribution < -0.4 is 4.90 Å². The number of carbonyl (C=O) groups is 1. The van der Waals surface area contributed by atoms with Crippen LogP contribution in [0.4, 0.5) is 5.69 Å². The molecule has 0 bridgehead atoms. The topological polar surface area (TPSA) is 44.1 Å². The predicted octanol–water partition coefficient (Wildman–Crippen LogP) is 2.29. The molecule has 3 heteroatoms. The maximum absolute atomic E-state index is 11.8. The molecule has 0 saturated carbocycles. The van der Waals surface area contributed by atoms with Gasteiger partial charge in [0.25, 0.3) is 0 Å². The summed E-state index contributed by atoms with van der Waals surface area (Å²) < 4.78 is 0. The van der Waals surface area contributed by atoms with Crippen molar-refractivity contribution in [2.45, 2.75) is 12.8 Å². The van der Waals surface area contributed by atoms with Gasteiger partial charge in [0, 0.05) is 24.6 Å². The zero-order chi connectivity index (χ0) is 12.3. The van der Waals surface area contributed by atoms with Gasteiger partial charge in [-0.3, -0.25) is 4.79 Å². The molecule has 86 valence electrons. The van der Waals surface area contributed by atoms with Gasteiger partial charge in [-0.05, 0) is 17.7 Å². The van der Waals surface area contributed by atoms with Crippen molar-refractivity contribution in [2.75, 3.05) is 11.4 Å². The summed E-state index contributed by atoms with van der Waals surface area (Å²) in [4.78, 5) is 13.6. The van der Waals surface area contributed by atoms with E-state index in [9.17, 15) is 4.79 Å². The predicted molar refractivity (Wildman–Crippen MR) is 66.4 cm³/mol. The Morgan fingerprint density at radius 3 is 3.06 bits per heavy atom. The van der Waals surface area contributed by atoms with Gasteiger partial charge in [-0.25, -0.2) is 0 Å². The first-order chi connectivity index (χ1) is 8.24. The minimum Gasteiger partial charge on any atom is -0.312 e. The fraction of sp³-hybridized carbons (Fsp3) is 0.286. The third-order valence-corrected chi connectivity index (χ3v) is 2.99. The molecule has 1 unspecified atom stereocenters. The maximum atomic E-state index is 11.8. The lowest BCUT2D eigenvalue weighted by Gasteiger charge is -2.16. The van der Waals surface area contributed by atoms with Crippen molar-refractivity contribution in [2.24, 2.45) is 5.92 Å². The monoisotopic (exact) mass is 226 g/mol. The maximum Gasteiger partial charge on any atom is 0.227 e. The Kier molecular flexibility index (Phi) is 3.24. The first-order valence-electron chi connectivity index (χ1n) is 5.63. The number of rotatable bonds is 3. The molecule has 17 heavy (non-hydrogen) atoms. The van der Waals surface area contributed by atoms with Crippen molar-refractivity contribution in [3.05, 3.63) is 42.5 Å². The summed E-state index contributed by atoms with van der Waals surface area (Å²) in [6.07, 6.45) is 2.74. The average molecular weight is 226 g/mol. The van der Waals surface area contributed by atoms with E-state index in [1.165, 1.54) is 0 Å². The Labute approximate surface area is 101 Å². The molecule has 1 atom stereocenters. The van der Waals surface area contributed by atoms with E-state index in [-0.39, 0.29) is 11.8 Å². The Bertz CT molecular complexity index is 487. The smallest absolute Gasteiger partial charge is 0.227 e. The number of benzene rings is 1. The van der Waals surface area contributed by atoms with Crippen LogP contribution in [0, 0.1) is 17.2 Å². The van der Waals surface area contributed by atoms with Crippen molar-refractivity contribution in [3.63, 3.8) is 0 Å². The molecule has 1 saturated heterocycles. The Morgan fingerprint density at radius 2 is 2.41 bits per heavy atom. The molecule has 0 aromatic heterocycles. The highest BCUT2D eigenvalue weighted by Crippen LogP contribution is 2.26. The van der Waals surface area contributed by atoms with Crippen LogP contribution in [0.25, 0.3) is 0 Å². The van der Waals surface area contributed by atoms with E-state index < -0.39 is 0 Å². The summed E-state index contributed by atoms with van der Waals surface area (Å²) in [5, 5.41) is 8.66. The number of anilines is 1. The zero-order valence-electron chi connectivity index (χ0n) is 9.60. The van der Waals surface area contributed by atoms with Crippen LogP contribution in [0.15, 0.2) is 36.9 Å². The number of hydrogen-bond acceptors (Lipinski definition) is 2. The molecule has 1 aromatic carbocycles. The Balaban J connectivity index is 2.23. The SMILES string of the molecule is C=CC1CC(=O)N(c2cccc(CC#N)c2)C1. The summed E-state index contributed by atoms with van der Waals surface area (Å²) in [5.41, 5.74) is 1.83. The van der Waals surface area contributed by atoms with Crippen LogP contribution in [0.3, 0.4) is 0 Å². The van der Waals surface area contributed by atoms with Crippen LogP contribution in [-0.2, 0) is 11.2 Å². The van der Waals surface area contributed by atoms with Gasteiger partial charge in [0.05, 0.1) is 12.5 Å². The summed E-state index contributed by atoms with van der Waals surface area (Å²) in [6, 6.07) is 9.72. The molecule has 0 spiro atoms. The summed E-state index contributed by atoms with van der Waals surface area (Å²) >= 11 is 0. The van der Waals surface area contributed by atoms with E-state index in [0.717, 1.165) is 11.3 Å². The summed E-state index contributed by atoms with van der Waals surface area (Å²) in [5.74, 6) is 0.367. The van der Waals surface area contributed by atoms with Crippen LogP contribution in [-0.4, -0.2) is 12.5 Å². The molecule has 1 fully saturated rings. The number of nitriles is 1. The molecule has 1 heterocycles. The third kappa shape index (κ3) is 2.36. The van der Waals surface area contributed by atoms with Crippen molar-refractivity contribution >= 4 is 11.6 Å². The fourth-order valence-electron chi connectivity index (χ4n) is 2.07. The highest BCUT2D eigenvalue weighted by molar-refractivity contribution is 5.96. The lowest BCUT2D eigenvalue weighted by atomic mass is 10.1. The van der Waals surface area contributed by atoms with E-state index in [0.29, 0.717) is 19.4 Å². The minimum absolute atomic E-state index is 0.129. The van der Waals surface area contributed by atoms with Gasteiger partial charge < -0.3 is 4.90 Å². The van der Waals surface area contributed by atoms with Crippen LogP contribution in [0.5, 0.6) is 0 Å².